The Morgan fingerprint density at radius 2 is 1.41 bits per heavy atom. The van der Waals surface area contributed by atoms with Crippen molar-refractivity contribution in [1.29, 1.82) is 0 Å². The third-order valence-corrected chi connectivity index (χ3v) is 3.83. The standard InChI is InChI=1S/C20H27NO/c1-4-5-14-21(19-10-6-17(2)7-11-19)15-16-22-20-12-8-18(3)9-13-20/h6-13H,4-5,14-16H2,1-3H3. The van der Waals surface area contributed by atoms with E-state index in [9.17, 15) is 0 Å². The van der Waals surface area contributed by atoms with Crippen molar-refractivity contribution >= 4 is 5.69 Å². The molecular formula is C20H27NO. The van der Waals surface area contributed by atoms with Crippen LogP contribution in [-0.2, 0) is 0 Å². The molecule has 2 nitrogen and oxygen atoms in total. The lowest BCUT2D eigenvalue weighted by Gasteiger charge is -2.25. The van der Waals surface area contributed by atoms with Crippen LogP contribution in [-0.4, -0.2) is 19.7 Å². The van der Waals surface area contributed by atoms with E-state index in [0.29, 0.717) is 6.61 Å². The van der Waals surface area contributed by atoms with E-state index in [1.807, 2.05) is 12.1 Å². The van der Waals surface area contributed by atoms with Gasteiger partial charge in [-0.2, -0.15) is 0 Å². The van der Waals surface area contributed by atoms with Crippen molar-refractivity contribution < 1.29 is 4.74 Å². The second-order valence-electron chi connectivity index (χ2n) is 5.84. The van der Waals surface area contributed by atoms with Gasteiger partial charge in [-0.1, -0.05) is 48.7 Å². The van der Waals surface area contributed by atoms with Crippen LogP contribution in [0.4, 0.5) is 5.69 Å². The number of aryl methyl sites for hydroxylation is 2. The topological polar surface area (TPSA) is 12.5 Å². The number of hydrogen-bond acceptors (Lipinski definition) is 2. The molecule has 22 heavy (non-hydrogen) atoms. The van der Waals surface area contributed by atoms with Crippen molar-refractivity contribution in [2.75, 3.05) is 24.6 Å². The molecule has 0 heterocycles. The molecule has 0 aliphatic carbocycles. The quantitative estimate of drug-likeness (QED) is 0.680. The van der Waals surface area contributed by atoms with Gasteiger partial charge in [0, 0.05) is 12.2 Å². The first kappa shape index (κ1) is 16.4. The highest BCUT2D eigenvalue weighted by molar-refractivity contribution is 5.47. The Bertz CT molecular complexity index is 545. The van der Waals surface area contributed by atoms with Crippen LogP contribution in [0.2, 0.25) is 0 Å². The lowest BCUT2D eigenvalue weighted by molar-refractivity contribution is 0.323. The second kappa shape index (κ2) is 8.47. The molecule has 2 heteroatoms. The number of ether oxygens (including phenoxy) is 1. The molecule has 0 saturated heterocycles. The number of nitrogens with zero attached hydrogens (tertiary/aromatic N) is 1. The van der Waals surface area contributed by atoms with Crippen LogP contribution in [0.1, 0.15) is 30.9 Å². The van der Waals surface area contributed by atoms with Gasteiger partial charge in [-0.05, 0) is 44.5 Å². The largest absolute Gasteiger partial charge is 0.492 e. The van der Waals surface area contributed by atoms with Crippen molar-refractivity contribution in [2.24, 2.45) is 0 Å². The minimum Gasteiger partial charge on any atom is -0.492 e. The first-order valence-electron chi connectivity index (χ1n) is 8.20. The van der Waals surface area contributed by atoms with Crippen molar-refractivity contribution in [2.45, 2.75) is 33.6 Å². The van der Waals surface area contributed by atoms with Crippen LogP contribution >= 0.6 is 0 Å². The zero-order valence-corrected chi connectivity index (χ0v) is 14.0. The van der Waals surface area contributed by atoms with E-state index in [-0.39, 0.29) is 0 Å². The van der Waals surface area contributed by atoms with Crippen LogP contribution in [0.15, 0.2) is 48.5 Å². The third kappa shape index (κ3) is 5.10. The van der Waals surface area contributed by atoms with E-state index in [0.717, 1.165) is 18.8 Å². The Morgan fingerprint density at radius 3 is 2.00 bits per heavy atom. The van der Waals surface area contributed by atoms with Gasteiger partial charge in [0.25, 0.3) is 0 Å². The average Bonchev–Trinajstić information content (AvgIpc) is 2.53. The van der Waals surface area contributed by atoms with Gasteiger partial charge in [0.05, 0.1) is 6.54 Å². The van der Waals surface area contributed by atoms with Gasteiger partial charge in [-0.3, -0.25) is 0 Å². The second-order valence-corrected chi connectivity index (χ2v) is 5.84. The van der Waals surface area contributed by atoms with Gasteiger partial charge in [-0.25, -0.2) is 0 Å². The zero-order chi connectivity index (χ0) is 15.8. The number of benzene rings is 2. The van der Waals surface area contributed by atoms with E-state index in [4.69, 9.17) is 4.74 Å². The molecule has 0 fully saturated rings. The summed E-state index contributed by atoms with van der Waals surface area (Å²) in [5.41, 5.74) is 3.85. The van der Waals surface area contributed by atoms with Crippen molar-refractivity contribution in [1.82, 2.24) is 0 Å². The molecule has 0 aliphatic rings. The lowest BCUT2D eigenvalue weighted by atomic mass is 10.2. The fourth-order valence-electron chi connectivity index (χ4n) is 2.38. The smallest absolute Gasteiger partial charge is 0.119 e. The Balaban J connectivity index is 1.91. The molecule has 2 rings (SSSR count). The van der Waals surface area contributed by atoms with E-state index in [1.54, 1.807) is 0 Å². The van der Waals surface area contributed by atoms with Crippen molar-refractivity contribution in [3.63, 3.8) is 0 Å². The molecule has 0 N–H and O–H groups in total. The van der Waals surface area contributed by atoms with Gasteiger partial charge in [0.1, 0.15) is 12.4 Å². The molecule has 0 aliphatic heterocycles. The zero-order valence-electron chi connectivity index (χ0n) is 14.0. The molecule has 0 amide bonds. The molecule has 0 spiro atoms. The molecule has 118 valence electrons. The minimum atomic E-state index is 0.709. The predicted molar refractivity (Wildman–Crippen MR) is 95.0 cm³/mol. The molecule has 0 saturated carbocycles. The van der Waals surface area contributed by atoms with Gasteiger partial charge in [-0.15, -0.1) is 0 Å². The van der Waals surface area contributed by atoms with Crippen molar-refractivity contribution in [3.05, 3.63) is 59.7 Å². The summed E-state index contributed by atoms with van der Waals surface area (Å²) in [5, 5.41) is 0. The maximum Gasteiger partial charge on any atom is 0.119 e. The average molecular weight is 297 g/mol. The summed E-state index contributed by atoms with van der Waals surface area (Å²) < 4.78 is 5.88. The van der Waals surface area contributed by atoms with Gasteiger partial charge < -0.3 is 9.64 Å². The number of anilines is 1. The number of rotatable bonds is 8. The first-order chi connectivity index (χ1) is 10.7. The third-order valence-electron chi connectivity index (χ3n) is 3.83. The maximum absolute atomic E-state index is 5.88. The Kier molecular flexibility index (Phi) is 6.32. The van der Waals surface area contributed by atoms with E-state index >= 15 is 0 Å². The van der Waals surface area contributed by atoms with E-state index in [1.165, 1.54) is 29.7 Å². The highest BCUT2D eigenvalue weighted by Crippen LogP contribution is 2.16. The summed E-state index contributed by atoms with van der Waals surface area (Å²) in [6.45, 7) is 9.15. The fraction of sp³-hybridized carbons (Fsp3) is 0.400. The van der Waals surface area contributed by atoms with Crippen LogP contribution in [0, 0.1) is 13.8 Å². The number of hydrogen-bond donors (Lipinski definition) is 0. The van der Waals surface area contributed by atoms with Crippen LogP contribution in [0.5, 0.6) is 5.75 Å². The molecule has 0 aromatic heterocycles. The Morgan fingerprint density at radius 1 is 0.818 bits per heavy atom. The molecule has 0 atom stereocenters. The maximum atomic E-state index is 5.88. The van der Waals surface area contributed by atoms with Crippen molar-refractivity contribution in [3.8, 4) is 5.75 Å². The van der Waals surface area contributed by atoms with Crippen LogP contribution in [0.3, 0.4) is 0 Å². The molecule has 2 aromatic rings. The highest BCUT2D eigenvalue weighted by atomic mass is 16.5. The summed E-state index contributed by atoms with van der Waals surface area (Å²) in [7, 11) is 0. The lowest BCUT2D eigenvalue weighted by Crippen LogP contribution is -2.29. The fourth-order valence-corrected chi connectivity index (χ4v) is 2.38. The highest BCUT2D eigenvalue weighted by Gasteiger charge is 2.06. The van der Waals surface area contributed by atoms with Crippen LogP contribution in [0.25, 0.3) is 0 Å². The van der Waals surface area contributed by atoms with Gasteiger partial charge >= 0.3 is 0 Å². The summed E-state index contributed by atoms with van der Waals surface area (Å²) >= 11 is 0. The number of unbranched alkanes of at least 4 members (excludes halogenated alkanes) is 1. The monoisotopic (exact) mass is 297 g/mol. The SMILES string of the molecule is CCCCN(CCOc1ccc(C)cc1)c1ccc(C)cc1. The minimum absolute atomic E-state index is 0.709. The summed E-state index contributed by atoms with van der Waals surface area (Å²) in [6, 6.07) is 17.0. The molecular weight excluding hydrogens is 270 g/mol. The van der Waals surface area contributed by atoms with Gasteiger partial charge in [0.15, 0.2) is 0 Å². The summed E-state index contributed by atoms with van der Waals surface area (Å²) in [4.78, 5) is 2.41. The molecule has 0 unspecified atom stereocenters. The first-order valence-corrected chi connectivity index (χ1v) is 8.20. The molecule has 0 bridgehead atoms. The van der Waals surface area contributed by atoms with E-state index < -0.39 is 0 Å². The Hall–Kier alpha value is -1.96. The van der Waals surface area contributed by atoms with Gasteiger partial charge in [0.2, 0.25) is 0 Å². The normalized spacial score (nSPS) is 10.5. The summed E-state index contributed by atoms with van der Waals surface area (Å²) in [6.07, 6.45) is 2.42. The van der Waals surface area contributed by atoms with Crippen LogP contribution < -0.4 is 9.64 Å². The Labute approximate surface area is 134 Å². The summed E-state index contributed by atoms with van der Waals surface area (Å²) in [5.74, 6) is 0.949. The van der Waals surface area contributed by atoms with E-state index in [2.05, 4.69) is 62.1 Å². The molecule has 0 radical (unpaired) electrons. The predicted octanol–water partition coefficient (Wildman–Crippen LogP) is 4.99. The molecule has 2 aromatic carbocycles.